The lowest BCUT2D eigenvalue weighted by molar-refractivity contribution is 0.480. The van der Waals surface area contributed by atoms with Crippen molar-refractivity contribution < 1.29 is 0 Å². The van der Waals surface area contributed by atoms with Crippen LogP contribution in [-0.2, 0) is 0 Å². The molecule has 0 saturated carbocycles. The van der Waals surface area contributed by atoms with Gasteiger partial charge >= 0.3 is 0 Å². The molecular weight excluding hydrogens is 593 g/mol. The maximum absolute atomic E-state index is 10.9. The van der Waals surface area contributed by atoms with Crippen molar-refractivity contribution in [1.82, 2.24) is 0 Å². The molecule has 3 aliphatic carbocycles. The zero-order chi connectivity index (χ0) is 33.8. The van der Waals surface area contributed by atoms with Crippen molar-refractivity contribution >= 4 is 16.7 Å². The number of nitrogens with zero attached hydrogens (tertiary/aromatic N) is 2. The van der Waals surface area contributed by atoms with Gasteiger partial charge in [-0.05, 0) is 87.8 Å². The summed E-state index contributed by atoms with van der Waals surface area (Å²) in [5.74, 6) is 0.371. The van der Waals surface area contributed by atoms with Crippen molar-refractivity contribution in [3.8, 4) is 23.3 Å². The van der Waals surface area contributed by atoms with Crippen LogP contribution in [0.3, 0.4) is 0 Å². The van der Waals surface area contributed by atoms with E-state index in [-0.39, 0.29) is 0 Å². The molecule has 0 radical (unpaired) electrons. The third-order valence-corrected chi connectivity index (χ3v) is 10.5. The van der Waals surface area contributed by atoms with Gasteiger partial charge in [0.15, 0.2) is 5.41 Å². The zero-order valence-electron chi connectivity index (χ0n) is 28.2. The number of benzene rings is 4. The Morgan fingerprint density at radius 3 is 1.61 bits per heavy atom. The summed E-state index contributed by atoms with van der Waals surface area (Å²) in [4.78, 5) is 0. The molecule has 0 amide bonds. The SMILES string of the molecule is CC1C=CC=CC1C1=CC=C(C2=C(c3ccccc3)CC(c3ccccc3)=C(c3ccc(-c4ccccc4)cc3)C2C(C)(C#N)C#N)CC1. The fourth-order valence-electron chi connectivity index (χ4n) is 7.91. The average Bonchev–Trinajstić information content (AvgIpc) is 3.18. The lowest BCUT2D eigenvalue weighted by Gasteiger charge is -2.40. The highest BCUT2D eigenvalue weighted by Crippen LogP contribution is 2.56. The largest absolute Gasteiger partial charge is 0.197 e. The number of hydrogen-bond acceptors (Lipinski definition) is 2. The molecule has 0 saturated heterocycles. The van der Waals surface area contributed by atoms with Gasteiger partial charge in [-0.1, -0.05) is 164 Å². The second-order valence-electron chi connectivity index (χ2n) is 13.6. The van der Waals surface area contributed by atoms with Crippen molar-refractivity contribution in [3.05, 3.63) is 185 Å². The van der Waals surface area contributed by atoms with E-state index in [4.69, 9.17) is 0 Å². The van der Waals surface area contributed by atoms with E-state index in [1.54, 1.807) is 0 Å². The third-order valence-electron chi connectivity index (χ3n) is 10.5. The summed E-state index contributed by atoms with van der Waals surface area (Å²) in [6.45, 7) is 4.12. The van der Waals surface area contributed by atoms with Gasteiger partial charge in [0.05, 0.1) is 12.1 Å². The smallest absolute Gasteiger partial charge is 0.151 e. The Kier molecular flexibility index (Phi) is 8.98. The molecule has 0 aliphatic heterocycles. The first kappa shape index (κ1) is 31.9. The molecule has 0 fully saturated rings. The molecule has 0 bridgehead atoms. The molecule has 238 valence electrons. The minimum atomic E-state index is -1.32. The predicted molar refractivity (Wildman–Crippen MR) is 202 cm³/mol. The third kappa shape index (κ3) is 6.20. The topological polar surface area (TPSA) is 47.6 Å². The van der Waals surface area contributed by atoms with E-state index in [0.717, 1.165) is 57.4 Å². The fraction of sp³-hybridized carbons (Fsp3) is 0.191. The first-order valence-electron chi connectivity index (χ1n) is 17.3. The van der Waals surface area contributed by atoms with Crippen molar-refractivity contribution in [2.24, 2.45) is 23.2 Å². The standard InChI is InChI=1S/C47H40N2/c1-33-14-12-13-21-41(33)38-24-28-40(29-25-38)45-43(37-19-10-5-11-20-37)30-42(36-17-8-4-9-18-36)44(46(45)47(2,31-48)32-49)39-26-22-35(23-27-39)34-15-6-3-7-16-34/h3-24,26-28,33,41,46H,25,29-30H2,1-2H3. The molecule has 0 N–H and O–H groups in total. The van der Waals surface area contributed by atoms with Gasteiger partial charge in [-0.3, -0.25) is 0 Å². The van der Waals surface area contributed by atoms with Crippen LogP contribution in [0, 0.1) is 45.8 Å². The molecule has 4 aromatic carbocycles. The summed E-state index contributed by atoms with van der Waals surface area (Å²) in [5, 5.41) is 21.8. The van der Waals surface area contributed by atoms with Crippen LogP contribution < -0.4 is 0 Å². The van der Waals surface area contributed by atoms with Crippen LogP contribution in [0.25, 0.3) is 27.8 Å². The summed E-state index contributed by atoms with van der Waals surface area (Å²) in [6.07, 6.45) is 16.0. The van der Waals surface area contributed by atoms with E-state index in [2.05, 4.69) is 159 Å². The van der Waals surface area contributed by atoms with Crippen LogP contribution >= 0.6 is 0 Å². The molecule has 3 aliphatic rings. The molecule has 2 nitrogen and oxygen atoms in total. The van der Waals surface area contributed by atoms with Crippen molar-refractivity contribution in [2.45, 2.75) is 33.1 Å². The summed E-state index contributed by atoms with van der Waals surface area (Å²) in [6, 6.07) is 45.3. The lowest BCUT2D eigenvalue weighted by atomic mass is 9.60. The predicted octanol–water partition coefficient (Wildman–Crippen LogP) is 11.8. The summed E-state index contributed by atoms with van der Waals surface area (Å²) in [7, 11) is 0. The molecule has 0 spiro atoms. The van der Waals surface area contributed by atoms with Crippen molar-refractivity contribution in [1.29, 1.82) is 10.5 Å². The Bertz CT molecular complexity index is 2090. The van der Waals surface area contributed by atoms with Crippen LogP contribution in [0.2, 0.25) is 0 Å². The highest BCUT2D eigenvalue weighted by Gasteiger charge is 2.46. The number of hydrogen-bond donors (Lipinski definition) is 0. The maximum Gasteiger partial charge on any atom is 0.151 e. The van der Waals surface area contributed by atoms with Gasteiger partial charge in [0.25, 0.3) is 0 Å². The van der Waals surface area contributed by atoms with Gasteiger partial charge in [0, 0.05) is 11.8 Å². The highest BCUT2D eigenvalue weighted by molar-refractivity contribution is 6.02. The molecule has 3 atom stereocenters. The molecule has 2 heteroatoms. The van der Waals surface area contributed by atoms with Gasteiger partial charge < -0.3 is 0 Å². The van der Waals surface area contributed by atoms with Crippen LogP contribution in [0.15, 0.2) is 168 Å². The normalized spacial score (nSPS) is 20.7. The van der Waals surface area contributed by atoms with Gasteiger partial charge in [-0.15, -0.1) is 0 Å². The molecule has 0 aromatic heterocycles. The fourth-order valence-corrected chi connectivity index (χ4v) is 7.91. The first-order valence-corrected chi connectivity index (χ1v) is 17.3. The van der Waals surface area contributed by atoms with E-state index < -0.39 is 11.3 Å². The maximum atomic E-state index is 10.9. The molecule has 49 heavy (non-hydrogen) atoms. The van der Waals surface area contributed by atoms with Gasteiger partial charge in [0.1, 0.15) is 0 Å². The quantitative estimate of drug-likeness (QED) is 0.203. The Morgan fingerprint density at radius 2 is 1.08 bits per heavy atom. The Labute approximate surface area is 291 Å². The van der Waals surface area contributed by atoms with Crippen molar-refractivity contribution in [3.63, 3.8) is 0 Å². The molecule has 7 rings (SSSR count). The highest BCUT2D eigenvalue weighted by atomic mass is 14.5. The second-order valence-corrected chi connectivity index (χ2v) is 13.6. The molecule has 3 unspecified atom stereocenters. The second kappa shape index (κ2) is 13.8. The van der Waals surface area contributed by atoms with Gasteiger partial charge in [-0.2, -0.15) is 10.5 Å². The first-order chi connectivity index (χ1) is 24.0. The van der Waals surface area contributed by atoms with Crippen molar-refractivity contribution in [2.75, 3.05) is 0 Å². The van der Waals surface area contributed by atoms with Crippen LogP contribution in [0.4, 0.5) is 0 Å². The minimum absolute atomic E-state index is 0.388. The summed E-state index contributed by atoms with van der Waals surface area (Å²) < 4.78 is 0. The lowest BCUT2D eigenvalue weighted by Crippen LogP contribution is -2.31. The molecule has 0 heterocycles. The van der Waals surface area contributed by atoms with Crippen LogP contribution in [0.5, 0.6) is 0 Å². The molecular formula is C47H40N2. The van der Waals surface area contributed by atoms with Crippen LogP contribution in [-0.4, -0.2) is 0 Å². The van der Waals surface area contributed by atoms with Crippen LogP contribution in [0.1, 0.15) is 49.8 Å². The number of rotatable bonds is 7. The van der Waals surface area contributed by atoms with E-state index in [0.29, 0.717) is 18.3 Å². The number of allylic oxidation sites excluding steroid dienone is 12. The van der Waals surface area contributed by atoms with E-state index in [1.165, 1.54) is 16.7 Å². The Morgan fingerprint density at radius 1 is 0.571 bits per heavy atom. The van der Waals surface area contributed by atoms with E-state index in [1.807, 2.05) is 19.1 Å². The van der Waals surface area contributed by atoms with E-state index in [9.17, 15) is 10.5 Å². The minimum Gasteiger partial charge on any atom is -0.197 e. The Hall–Kier alpha value is -5.70. The zero-order valence-corrected chi connectivity index (χ0v) is 28.2. The molecule has 4 aromatic rings. The average molecular weight is 633 g/mol. The van der Waals surface area contributed by atoms with Gasteiger partial charge in [-0.25, -0.2) is 0 Å². The Balaban J connectivity index is 1.47. The number of nitriles is 2. The van der Waals surface area contributed by atoms with Gasteiger partial charge in [0.2, 0.25) is 0 Å². The monoisotopic (exact) mass is 632 g/mol. The van der Waals surface area contributed by atoms with E-state index >= 15 is 0 Å². The summed E-state index contributed by atoms with van der Waals surface area (Å²) in [5.41, 5.74) is 11.5. The summed E-state index contributed by atoms with van der Waals surface area (Å²) >= 11 is 0.